The van der Waals surface area contributed by atoms with Crippen LogP contribution in [0.15, 0.2) is 59.7 Å². The number of carbonyl (C=O) groups is 1. The molecule has 142 valence electrons. The number of benzene rings is 1. The van der Waals surface area contributed by atoms with Crippen molar-refractivity contribution in [3.63, 3.8) is 0 Å². The van der Waals surface area contributed by atoms with Crippen LogP contribution >= 0.6 is 15.9 Å². The van der Waals surface area contributed by atoms with Crippen molar-refractivity contribution in [2.45, 2.75) is 25.4 Å². The van der Waals surface area contributed by atoms with Gasteiger partial charge in [-0.25, -0.2) is 4.98 Å². The van der Waals surface area contributed by atoms with Gasteiger partial charge in [0.15, 0.2) is 0 Å². The average Bonchev–Trinajstić information content (AvgIpc) is 2.70. The summed E-state index contributed by atoms with van der Waals surface area (Å²) in [5.74, 6) is 0.692. The molecule has 2 N–H and O–H groups in total. The van der Waals surface area contributed by atoms with Crippen LogP contribution in [-0.4, -0.2) is 41.5 Å². The highest BCUT2D eigenvalue weighted by Crippen LogP contribution is 2.18. The lowest BCUT2D eigenvalue weighted by atomic mass is 10.0. The molecule has 3 rings (SSSR count). The Labute approximate surface area is 169 Å². The zero-order chi connectivity index (χ0) is 19.1. The summed E-state index contributed by atoms with van der Waals surface area (Å²) in [6.45, 7) is 7.17. The molecular formula is C21H25BrN4O. The minimum absolute atomic E-state index is 0.129. The maximum absolute atomic E-state index is 11.9. The Morgan fingerprint density at radius 2 is 1.96 bits per heavy atom. The number of piperidine rings is 1. The van der Waals surface area contributed by atoms with Gasteiger partial charge in [0.05, 0.1) is 5.56 Å². The first-order chi connectivity index (χ1) is 13.1. The molecule has 1 fully saturated rings. The van der Waals surface area contributed by atoms with Crippen molar-refractivity contribution in [3.05, 3.63) is 70.8 Å². The summed E-state index contributed by atoms with van der Waals surface area (Å²) in [6.07, 6.45) is 5.44. The molecule has 1 aliphatic heterocycles. The molecule has 0 unspecified atom stereocenters. The molecular weight excluding hydrogens is 404 g/mol. The molecule has 0 atom stereocenters. The topological polar surface area (TPSA) is 57.3 Å². The SMILES string of the molecule is C=CCNC(=O)c1ccc(NC2CCN(Cc3ccc(Br)cc3)CC2)nc1. The fraction of sp³-hybridized carbons (Fsp3) is 0.333. The van der Waals surface area contributed by atoms with Gasteiger partial charge in [-0.3, -0.25) is 9.69 Å². The quantitative estimate of drug-likeness (QED) is 0.657. The molecule has 5 nitrogen and oxygen atoms in total. The molecule has 1 aliphatic rings. The fourth-order valence-electron chi connectivity index (χ4n) is 3.17. The van der Waals surface area contributed by atoms with E-state index >= 15 is 0 Å². The van der Waals surface area contributed by atoms with Gasteiger partial charge in [-0.2, -0.15) is 0 Å². The van der Waals surface area contributed by atoms with Crippen molar-refractivity contribution in [3.8, 4) is 0 Å². The van der Waals surface area contributed by atoms with Crippen molar-refractivity contribution in [2.75, 3.05) is 25.0 Å². The van der Waals surface area contributed by atoms with Crippen molar-refractivity contribution >= 4 is 27.7 Å². The first kappa shape index (κ1) is 19.6. The average molecular weight is 429 g/mol. The van der Waals surface area contributed by atoms with Crippen molar-refractivity contribution in [2.24, 2.45) is 0 Å². The summed E-state index contributed by atoms with van der Waals surface area (Å²) < 4.78 is 1.12. The molecule has 0 saturated carbocycles. The molecule has 0 spiro atoms. The lowest BCUT2D eigenvalue weighted by Gasteiger charge is -2.32. The molecule has 0 aliphatic carbocycles. The number of rotatable bonds is 7. The number of hydrogen-bond acceptors (Lipinski definition) is 4. The Kier molecular flexibility index (Phi) is 7.01. The van der Waals surface area contributed by atoms with Crippen molar-refractivity contribution < 1.29 is 4.79 Å². The Hall–Kier alpha value is -2.18. The van der Waals surface area contributed by atoms with E-state index in [-0.39, 0.29) is 5.91 Å². The van der Waals surface area contributed by atoms with Crippen molar-refractivity contribution in [1.82, 2.24) is 15.2 Å². The van der Waals surface area contributed by atoms with E-state index in [2.05, 4.69) is 67.3 Å². The number of amides is 1. The van der Waals surface area contributed by atoms with E-state index < -0.39 is 0 Å². The van der Waals surface area contributed by atoms with E-state index in [1.807, 2.05) is 6.07 Å². The summed E-state index contributed by atoms with van der Waals surface area (Å²) in [5.41, 5.74) is 1.91. The van der Waals surface area contributed by atoms with Crippen LogP contribution in [0, 0.1) is 0 Å². The first-order valence-electron chi connectivity index (χ1n) is 9.22. The predicted molar refractivity (Wildman–Crippen MR) is 113 cm³/mol. The molecule has 1 aromatic carbocycles. The zero-order valence-corrected chi connectivity index (χ0v) is 16.9. The number of nitrogens with zero attached hydrogens (tertiary/aromatic N) is 2. The van der Waals surface area contributed by atoms with E-state index in [0.29, 0.717) is 18.2 Å². The number of halogens is 1. The molecule has 27 heavy (non-hydrogen) atoms. The van der Waals surface area contributed by atoms with Crippen LogP contribution in [0.2, 0.25) is 0 Å². The van der Waals surface area contributed by atoms with Crippen LogP contribution in [0.3, 0.4) is 0 Å². The maximum atomic E-state index is 11.9. The second-order valence-electron chi connectivity index (χ2n) is 6.75. The predicted octanol–water partition coefficient (Wildman–Crippen LogP) is 3.84. The Bertz CT molecular complexity index is 753. The van der Waals surface area contributed by atoms with Crippen LogP contribution < -0.4 is 10.6 Å². The molecule has 2 aromatic rings. The van der Waals surface area contributed by atoms with Gasteiger partial charge in [-0.1, -0.05) is 34.1 Å². The second kappa shape index (κ2) is 9.67. The van der Waals surface area contributed by atoms with Gasteiger partial charge in [0.2, 0.25) is 0 Å². The normalized spacial score (nSPS) is 15.3. The summed E-state index contributed by atoms with van der Waals surface area (Å²) in [4.78, 5) is 18.8. The minimum atomic E-state index is -0.129. The van der Waals surface area contributed by atoms with Gasteiger partial charge in [-0.15, -0.1) is 6.58 Å². The van der Waals surface area contributed by atoms with Gasteiger partial charge < -0.3 is 10.6 Å². The van der Waals surface area contributed by atoms with Crippen LogP contribution in [-0.2, 0) is 6.54 Å². The summed E-state index contributed by atoms with van der Waals surface area (Å²) >= 11 is 3.48. The van der Waals surface area contributed by atoms with E-state index in [1.165, 1.54) is 5.56 Å². The fourth-order valence-corrected chi connectivity index (χ4v) is 3.44. The van der Waals surface area contributed by atoms with E-state index in [4.69, 9.17) is 0 Å². The van der Waals surface area contributed by atoms with Crippen molar-refractivity contribution in [1.29, 1.82) is 0 Å². The monoisotopic (exact) mass is 428 g/mol. The summed E-state index contributed by atoms with van der Waals surface area (Å²) in [6, 6.07) is 12.6. The van der Waals surface area contributed by atoms with Gasteiger partial charge in [0, 0.05) is 42.9 Å². The van der Waals surface area contributed by atoms with Gasteiger partial charge in [0.25, 0.3) is 5.91 Å². The van der Waals surface area contributed by atoms with Gasteiger partial charge in [-0.05, 0) is 42.7 Å². The van der Waals surface area contributed by atoms with E-state index in [0.717, 1.165) is 42.8 Å². The molecule has 6 heteroatoms. The standard InChI is InChI=1S/C21H25BrN4O/c1-2-11-23-21(27)17-5-8-20(24-14-17)25-19-9-12-26(13-10-19)15-16-3-6-18(22)7-4-16/h2-8,14,19H,1,9-13,15H2,(H,23,27)(H,24,25). The number of nitrogens with one attached hydrogen (secondary N) is 2. The highest BCUT2D eigenvalue weighted by atomic mass is 79.9. The van der Waals surface area contributed by atoms with Crippen LogP contribution in [0.1, 0.15) is 28.8 Å². The third-order valence-electron chi connectivity index (χ3n) is 4.69. The summed E-state index contributed by atoms with van der Waals surface area (Å²) in [7, 11) is 0. The van der Waals surface area contributed by atoms with Crippen LogP contribution in [0.5, 0.6) is 0 Å². The van der Waals surface area contributed by atoms with E-state index in [1.54, 1.807) is 18.3 Å². The number of carbonyl (C=O) groups excluding carboxylic acids is 1. The lowest BCUT2D eigenvalue weighted by molar-refractivity contribution is 0.0957. The molecule has 0 bridgehead atoms. The summed E-state index contributed by atoms with van der Waals surface area (Å²) in [5, 5.41) is 6.24. The maximum Gasteiger partial charge on any atom is 0.253 e. The number of hydrogen-bond donors (Lipinski definition) is 2. The van der Waals surface area contributed by atoms with Gasteiger partial charge >= 0.3 is 0 Å². The van der Waals surface area contributed by atoms with Crippen LogP contribution in [0.25, 0.3) is 0 Å². The highest BCUT2D eigenvalue weighted by Gasteiger charge is 2.19. The molecule has 0 radical (unpaired) electrons. The van der Waals surface area contributed by atoms with E-state index in [9.17, 15) is 4.79 Å². The van der Waals surface area contributed by atoms with Crippen LogP contribution in [0.4, 0.5) is 5.82 Å². The molecule has 1 amide bonds. The molecule has 1 aromatic heterocycles. The Morgan fingerprint density at radius 1 is 1.22 bits per heavy atom. The molecule has 1 saturated heterocycles. The molecule has 2 heterocycles. The number of aromatic nitrogens is 1. The lowest BCUT2D eigenvalue weighted by Crippen LogP contribution is -2.38. The minimum Gasteiger partial charge on any atom is -0.367 e. The second-order valence-corrected chi connectivity index (χ2v) is 7.67. The smallest absolute Gasteiger partial charge is 0.253 e. The Balaban J connectivity index is 1.45. The first-order valence-corrected chi connectivity index (χ1v) is 10.0. The third-order valence-corrected chi connectivity index (χ3v) is 5.22. The third kappa shape index (κ3) is 5.91. The number of likely N-dealkylation sites (tertiary alicyclic amines) is 1. The number of pyridine rings is 1. The zero-order valence-electron chi connectivity index (χ0n) is 15.3. The van der Waals surface area contributed by atoms with Gasteiger partial charge in [0.1, 0.15) is 5.82 Å². The highest BCUT2D eigenvalue weighted by molar-refractivity contribution is 9.10. The number of anilines is 1. The Morgan fingerprint density at radius 3 is 2.59 bits per heavy atom. The largest absolute Gasteiger partial charge is 0.367 e.